The lowest BCUT2D eigenvalue weighted by Crippen LogP contribution is -2.01. The first kappa shape index (κ1) is 9.06. The van der Waals surface area contributed by atoms with E-state index in [4.69, 9.17) is 20.0 Å². The summed E-state index contributed by atoms with van der Waals surface area (Å²) >= 11 is 0. The summed E-state index contributed by atoms with van der Waals surface area (Å²) in [7, 11) is -4.34. The smallest absolute Gasteiger partial charge is 0.356 e. The molecule has 0 saturated carbocycles. The molecule has 12 heavy (non-hydrogen) atoms. The largest absolute Gasteiger partial charge is 0.504 e. The van der Waals surface area contributed by atoms with Crippen molar-refractivity contribution in [1.82, 2.24) is 0 Å². The fourth-order valence-electron chi connectivity index (χ4n) is 0.693. The second-order valence-electron chi connectivity index (χ2n) is 2.22. The average Bonchev–Trinajstić information content (AvgIpc) is 1.92. The maximum Gasteiger partial charge on any atom is 0.356 e. The summed E-state index contributed by atoms with van der Waals surface area (Å²) in [6, 6.07) is 2.90. The van der Waals surface area contributed by atoms with Crippen LogP contribution in [-0.4, -0.2) is 20.0 Å². The van der Waals surface area contributed by atoms with E-state index in [1.54, 1.807) is 0 Å². The average molecular weight is 190 g/mol. The molecule has 1 aromatic carbocycles. The molecule has 6 heteroatoms. The van der Waals surface area contributed by atoms with Crippen molar-refractivity contribution >= 4 is 12.9 Å². The number of aromatic hydroxyl groups is 2. The third-order valence-electron chi connectivity index (χ3n) is 1.30. The summed E-state index contributed by atoms with van der Waals surface area (Å²) in [5.74, 6) is -0.956. The van der Waals surface area contributed by atoms with Crippen LogP contribution in [-0.2, 0) is 4.57 Å². The van der Waals surface area contributed by atoms with E-state index in [1.807, 2.05) is 0 Å². The first-order valence-corrected chi connectivity index (χ1v) is 4.60. The van der Waals surface area contributed by atoms with Crippen LogP contribution in [0.5, 0.6) is 11.5 Å². The molecule has 0 spiro atoms. The van der Waals surface area contributed by atoms with Crippen LogP contribution in [0.2, 0.25) is 0 Å². The van der Waals surface area contributed by atoms with E-state index in [0.717, 1.165) is 18.2 Å². The monoisotopic (exact) mass is 190 g/mol. The Morgan fingerprint density at radius 1 is 1.08 bits per heavy atom. The van der Waals surface area contributed by atoms with E-state index >= 15 is 0 Å². The van der Waals surface area contributed by atoms with Crippen molar-refractivity contribution in [3.63, 3.8) is 0 Å². The van der Waals surface area contributed by atoms with Crippen LogP contribution in [0.15, 0.2) is 18.2 Å². The fourth-order valence-corrected chi connectivity index (χ4v) is 1.25. The topological polar surface area (TPSA) is 98.0 Å². The quantitative estimate of drug-likeness (QED) is 0.366. The predicted molar refractivity (Wildman–Crippen MR) is 41.4 cm³/mol. The minimum atomic E-state index is -4.34. The lowest BCUT2D eigenvalue weighted by molar-refractivity contribution is 0.385. The highest BCUT2D eigenvalue weighted by Crippen LogP contribution is 2.36. The predicted octanol–water partition coefficient (Wildman–Crippen LogP) is -0.0992. The molecule has 0 amide bonds. The standard InChI is InChI=1S/C6H7O5P/c7-5-2-1-4(3-6(5)8)12(9,10)11/h1-3,7-8H,(H2,9,10,11). The van der Waals surface area contributed by atoms with Gasteiger partial charge in [-0.05, 0) is 18.2 Å². The molecular weight excluding hydrogens is 183 g/mol. The molecule has 0 saturated heterocycles. The van der Waals surface area contributed by atoms with Crippen LogP contribution in [0, 0.1) is 0 Å². The van der Waals surface area contributed by atoms with Crippen molar-refractivity contribution in [3.05, 3.63) is 18.2 Å². The summed E-state index contributed by atoms with van der Waals surface area (Å²) in [5.41, 5.74) is 0. The van der Waals surface area contributed by atoms with Gasteiger partial charge in [0.15, 0.2) is 11.5 Å². The van der Waals surface area contributed by atoms with E-state index < -0.39 is 19.1 Å². The van der Waals surface area contributed by atoms with Crippen LogP contribution in [0.1, 0.15) is 0 Å². The van der Waals surface area contributed by atoms with Crippen LogP contribution in [0.4, 0.5) is 0 Å². The second kappa shape index (κ2) is 2.79. The first-order chi connectivity index (χ1) is 5.41. The van der Waals surface area contributed by atoms with Gasteiger partial charge in [0, 0.05) is 0 Å². The molecule has 0 fully saturated rings. The summed E-state index contributed by atoms with van der Waals surface area (Å²) in [6.45, 7) is 0. The van der Waals surface area contributed by atoms with Gasteiger partial charge in [-0.3, -0.25) is 4.57 Å². The Hall–Kier alpha value is -1.03. The summed E-state index contributed by atoms with van der Waals surface area (Å²) in [6.07, 6.45) is 0. The lowest BCUT2D eigenvalue weighted by atomic mass is 10.3. The Kier molecular flexibility index (Phi) is 2.10. The van der Waals surface area contributed by atoms with Gasteiger partial charge in [0.05, 0.1) is 5.30 Å². The molecule has 0 unspecified atom stereocenters. The van der Waals surface area contributed by atoms with Crippen molar-refractivity contribution in [2.24, 2.45) is 0 Å². The number of benzene rings is 1. The molecule has 5 nitrogen and oxygen atoms in total. The molecule has 0 heterocycles. The van der Waals surface area contributed by atoms with E-state index in [0.29, 0.717) is 0 Å². The van der Waals surface area contributed by atoms with E-state index in [-0.39, 0.29) is 5.30 Å². The summed E-state index contributed by atoms with van der Waals surface area (Å²) < 4.78 is 10.6. The minimum absolute atomic E-state index is 0.321. The van der Waals surface area contributed by atoms with E-state index in [2.05, 4.69) is 0 Å². The Labute approximate surface area is 68.1 Å². The highest BCUT2D eigenvalue weighted by atomic mass is 31.2. The molecule has 66 valence electrons. The minimum Gasteiger partial charge on any atom is -0.504 e. The van der Waals surface area contributed by atoms with Gasteiger partial charge >= 0.3 is 7.60 Å². The fraction of sp³-hybridized carbons (Fsp3) is 0. The summed E-state index contributed by atoms with van der Waals surface area (Å²) in [5, 5.41) is 17.4. The Morgan fingerprint density at radius 3 is 2.08 bits per heavy atom. The molecular formula is C6H7O5P. The van der Waals surface area contributed by atoms with Crippen molar-refractivity contribution in [2.45, 2.75) is 0 Å². The Morgan fingerprint density at radius 2 is 1.67 bits per heavy atom. The summed E-state index contributed by atoms with van der Waals surface area (Å²) in [4.78, 5) is 17.2. The maximum atomic E-state index is 10.6. The van der Waals surface area contributed by atoms with E-state index in [9.17, 15) is 4.57 Å². The highest BCUT2D eigenvalue weighted by Gasteiger charge is 2.18. The Balaban J connectivity index is 3.23. The van der Waals surface area contributed by atoms with Gasteiger partial charge in [-0.1, -0.05) is 0 Å². The zero-order valence-electron chi connectivity index (χ0n) is 5.88. The number of hydrogen-bond acceptors (Lipinski definition) is 3. The molecule has 0 bridgehead atoms. The third-order valence-corrected chi connectivity index (χ3v) is 2.25. The Bertz CT molecular complexity index is 342. The van der Waals surface area contributed by atoms with Crippen LogP contribution in [0.25, 0.3) is 0 Å². The van der Waals surface area contributed by atoms with Gasteiger partial charge in [0.25, 0.3) is 0 Å². The van der Waals surface area contributed by atoms with Gasteiger partial charge < -0.3 is 20.0 Å². The van der Waals surface area contributed by atoms with E-state index in [1.165, 1.54) is 0 Å². The molecule has 0 aliphatic carbocycles. The van der Waals surface area contributed by atoms with Crippen molar-refractivity contribution in [2.75, 3.05) is 0 Å². The molecule has 0 aliphatic rings. The molecule has 0 aromatic heterocycles. The molecule has 0 aliphatic heterocycles. The lowest BCUT2D eigenvalue weighted by Gasteiger charge is -2.04. The van der Waals surface area contributed by atoms with Crippen molar-refractivity contribution < 1.29 is 24.6 Å². The molecule has 1 rings (SSSR count). The van der Waals surface area contributed by atoms with Crippen molar-refractivity contribution in [1.29, 1.82) is 0 Å². The molecule has 0 atom stereocenters. The highest BCUT2D eigenvalue weighted by molar-refractivity contribution is 7.60. The van der Waals surface area contributed by atoms with Crippen LogP contribution in [0.3, 0.4) is 0 Å². The van der Waals surface area contributed by atoms with Crippen LogP contribution >= 0.6 is 7.60 Å². The van der Waals surface area contributed by atoms with Gasteiger partial charge in [-0.2, -0.15) is 0 Å². The SMILES string of the molecule is O=P(O)(O)c1ccc(O)c(O)c1. The van der Waals surface area contributed by atoms with Gasteiger partial charge in [-0.25, -0.2) is 0 Å². The zero-order valence-corrected chi connectivity index (χ0v) is 6.77. The first-order valence-electron chi connectivity index (χ1n) is 2.99. The molecule has 4 N–H and O–H groups in total. The van der Waals surface area contributed by atoms with Gasteiger partial charge in [0.2, 0.25) is 0 Å². The van der Waals surface area contributed by atoms with Gasteiger partial charge in [0.1, 0.15) is 0 Å². The second-order valence-corrected chi connectivity index (χ2v) is 3.82. The van der Waals surface area contributed by atoms with Crippen LogP contribution < -0.4 is 5.30 Å². The molecule has 1 aromatic rings. The number of hydrogen-bond donors (Lipinski definition) is 4. The maximum absolute atomic E-state index is 10.6. The number of rotatable bonds is 1. The zero-order chi connectivity index (χ0) is 9.35. The molecule has 0 radical (unpaired) electrons. The normalized spacial score (nSPS) is 11.5. The number of phenolic OH excluding ortho intramolecular Hbond substituents is 2. The van der Waals surface area contributed by atoms with Gasteiger partial charge in [-0.15, -0.1) is 0 Å². The number of phenols is 2. The third kappa shape index (κ3) is 1.76. The van der Waals surface area contributed by atoms with Crippen molar-refractivity contribution in [3.8, 4) is 11.5 Å².